The molecule has 7 nitrogen and oxygen atoms in total. The summed E-state index contributed by atoms with van der Waals surface area (Å²) in [6.07, 6.45) is -2.49. The maximum absolute atomic E-state index is 11.0. The lowest BCUT2D eigenvalue weighted by Gasteiger charge is -2.47. The van der Waals surface area contributed by atoms with Crippen LogP contribution in [0.3, 0.4) is 0 Å². The zero-order chi connectivity index (χ0) is 21.6. The van der Waals surface area contributed by atoms with Crippen LogP contribution in [-0.4, -0.2) is 56.1 Å². The van der Waals surface area contributed by atoms with Gasteiger partial charge in [0.15, 0.2) is 12.6 Å². The van der Waals surface area contributed by atoms with Crippen LogP contribution in [0.2, 0.25) is 0 Å². The molecule has 2 saturated heterocycles. The Bertz CT molecular complexity index is 826. The average molecular weight is 428 g/mol. The predicted octanol–water partition coefficient (Wildman–Crippen LogP) is 2.98. The molecule has 31 heavy (non-hydrogen) atoms. The molecule has 4 rings (SSSR count). The Balaban J connectivity index is 1.51. The summed E-state index contributed by atoms with van der Waals surface area (Å²) in [5, 5.41) is 11.0. The van der Waals surface area contributed by atoms with Gasteiger partial charge in [0.2, 0.25) is 0 Å². The summed E-state index contributed by atoms with van der Waals surface area (Å²) in [5.74, 6) is 0.750. The fourth-order valence-corrected chi connectivity index (χ4v) is 3.75. The lowest BCUT2D eigenvalue weighted by atomic mass is 9.97. The quantitative estimate of drug-likeness (QED) is 0.648. The van der Waals surface area contributed by atoms with Crippen LogP contribution in [-0.2, 0) is 30.3 Å². The Kier molecular flexibility index (Phi) is 7.34. The van der Waals surface area contributed by atoms with Crippen molar-refractivity contribution in [1.82, 2.24) is 0 Å². The normalized spacial score (nSPS) is 30.4. The van der Waals surface area contributed by atoms with Gasteiger partial charge in [-0.2, -0.15) is 0 Å². The van der Waals surface area contributed by atoms with E-state index in [4.69, 9.17) is 28.4 Å². The van der Waals surface area contributed by atoms with Crippen LogP contribution in [0.25, 0.3) is 0 Å². The lowest BCUT2D eigenvalue weighted by Crippen LogP contribution is -2.63. The zero-order valence-electron chi connectivity index (χ0n) is 17.5. The first-order valence-electron chi connectivity index (χ1n) is 10.3. The highest BCUT2D eigenvalue weighted by atomic mass is 16.8. The molecule has 0 unspecified atom stereocenters. The van der Waals surface area contributed by atoms with Crippen LogP contribution in [0.4, 0.5) is 0 Å². The lowest BCUT2D eigenvalue weighted by molar-refractivity contribution is -0.365. The fourth-order valence-electron chi connectivity index (χ4n) is 3.75. The Morgan fingerprint density at radius 3 is 2.55 bits per heavy atom. The number of benzene rings is 2. The molecule has 0 bridgehead atoms. The van der Waals surface area contributed by atoms with Gasteiger partial charge >= 0.3 is 0 Å². The van der Waals surface area contributed by atoms with E-state index in [1.54, 1.807) is 13.2 Å². The third-order valence-corrected chi connectivity index (χ3v) is 5.36. The minimum atomic E-state index is -1.03. The molecule has 2 aliphatic heterocycles. The van der Waals surface area contributed by atoms with Crippen molar-refractivity contribution in [3.05, 3.63) is 78.4 Å². The molecular weight excluding hydrogens is 400 g/mol. The van der Waals surface area contributed by atoms with Gasteiger partial charge in [-0.25, -0.2) is 0 Å². The van der Waals surface area contributed by atoms with E-state index in [1.807, 2.05) is 54.6 Å². The van der Waals surface area contributed by atoms with Crippen LogP contribution in [0.15, 0.2) is 67.3 Å². The highest BCUT2D eigenvalue weighted by molar-refractivity contribution is 5.28. The summed E-state index contributed by atoms with van der Waals surface area (Å²) in [5.41, 5.74) is 1.85. The first-order chi connectivity index (χ1) is 15.2. The number of hydrogen-bond donors (Lipinski definition) is 1. The van der Waals surface area contributed by atoms with Crippen LogP contribution in [0, 0.1) is 0 Å². The molecule has 1 N–H and O–H groups in total. The Hall–Kier alpha value is -2.26. The zero-order valence-corrected chi connectivity index (χ0v) is 17.5. The van der Waals surface area contributed by atoms with Crippen LogP contribution < -0.4 is 4.74 Å². The van der Waals surface area contributed by atoms with Crippen molar-refractivity contribution < 1.29 is 33.5 Å². The Morgan fingerprint density at radius 1 is 1.06 bits per heavy atom. The van der Waals surface area contributed by atoms with E-state index in [2.05, 4.69) is 6.58 Å². The molecular formula is C24H28O7. The molecule has 166 valence electrons. The minimum absolute atomic E-state index is 0.251. The molecule has 2 heterocycles. The molecule has 0 aliphatic carbocycles. The van der Waals surface area contributed by atoms with E-state index in [9.17, 15) is 5.11 Å². The maximum atomic E-state index is 11.0. The second-order valence-electron chi connectivity index (χ2n) is 7.46. The van der Waals surface area contributed by atoms with E-state index in [-0.39, 0.29) is 13.2 Å². The van der Waals surface area contributed by atoms with E-state index in [1.165, 1.54) is 0 Å². The van der Waals surface area contributed by atoms with Crippen molar-refractivity contribution >= 4 is 0 Å². The summed E-state index contributed by atoms with van der Waals surface area (Å²) in [7, 11) is 1.62. The van der Waals surface area contributed by atoms with Crippen molar-refractivity contribution in [3.8, 4) is 5.75 Å². The molecule has 0 amide bonds. The number of fused-ring (bicyclic) bond motifs is 1. The third-order valence-electron chi connectivity index (χ3n) is 5.36. The number of rotatable bonds is 8. The molecule has 7 heteroatoms. The van der Waals surface area contributed by atoms with Gasteiger partial charge in [0.25, 0.3) is 0 Å². The monoisotopic (exact) mass is 428 g/mol. The van der Waals surface area contributed by atoms with Crippen LogP contribution >= 0.6 is 0 Å². The van der Waals surface area contributed by atoms with E-state index >= 15 is 0 Å². The third kappa shape index (κ3) is 5.15. The number of aliphatic hydroxyl groups is 1. The van der Waals surface area contributed by atoms with Crippen LogP contribution in [0.1, 0.15) is 17.4 Å². The molecule has 2 aliphatic rings. The maximum Gasteiger partial charge on any atom is 0.187 e. The van der Waals surface area contributed by atoms with Gasteiger partial charge in [-0.1, -0.05) is 48.5 Å². The first-order valence-corrected chi connectivity index (χ1v) is 10.3. The molecule has 6 atom stereocenters. The molecule has 2 aromatic carbocycles. The van der Waals surface area contributed by atoms with Gasteiger partial charge in [0, 0.05) is 5.56 Å². The number of methoxy groups -OCH3 is 1. The number of hydrogen-bond acceptors (Lipinski definition) is 7. The topological polar surface area (TPSA) is 75.6 Å². The second kappa shape index (κ2) is 10.4. The van der Waals surface area contributed by atoms with Crippen molar-refractivity contribution in [3.63, 3.8) is 0 Å². The summed E-state index contributed by atoms with van der Waals surface area (Å²) in [4.78, 5) is 0. The number of aliphatic hydroxyl groups excluding tert-OH is 1. The number of ether oxygens (including phenoxy) is 6. The Labute approximate surface area is 182 Å². The standard InChI is InChI=1S/C24H28O7/c1-3-13-27-24-20(25)22(28-14-16-7-5-4-6-8-16)21-19(30-24)15-29-23(31-21)17-9-11-18(26-2)12-10-17/h3-12,19-25H,1,13-15H2,2H3/t19-,20+,21-,22-,23-,24+/m1/s1. The highest BCUT2D eigenvalue weighted by Crippen LogP contribution is 2.36. The fraction of sp³-hybridized carbons (Fsp3) is 0.417. The van der Waals surface area contributed by atoms with Gasteiger partial charge in [-0.15, -0.1) is 6.58 Å². The molecule has 2 fully saturated rings. The predicted molar refractivity (Wildman–Crippen MR) is 112 cm³/mol. The van der Waals surface area contributed by atoms with Gasteiger partial charge in [-0.05, 0) is 17.7 Å². The summed E-state index contributed by atoms with van der Waals surface area (Å²) >= 11 is 0. The minimum Gasteiger partial charge on any atom is -0.497 e. The summed E-state index contributed by atoms with van der Waals surface area (Å²) in [6, 6.07) is 17.3. The molecule has 2 aromatic rings. The largest absolute Gasteiger partial charge is 0.497 e. The van der Waals surface area contributed by atoms with E-state index < -0.39 is 37.0 Å². The summed E-state index contributed by atoms with van der Waals surface area (Å²) in [6.45, 7) is 4.52. The summed E-state index contributed by atoms with van der Waals surface area (Å²) < 4.78 is 35.0. The average Bonchev–Trinajstić information content (AvgIpc) is 2.82. The molecule has 0 spiro atoms. The SMILES string of the molecule is C=CCO[C@H]1O[C@@H]2CO[C@@H](c3ccc(OC)cc3)O[C@H]2[C@H](OCc2ccccc2)[C@@H]1O. The van der Waals surface area contributed by atoms with Crippen molar-refractivity contribution in [2.45, 2.75) is 43.6 Å². The van der Waals surface area contributed by atoms with Crippen molar-refractivity contribution in [2.75, 3.05) is 20.3 Å². The van der Waals surface area contributed by atoms with Gasteiger partial charge in [-0.3, -0.25) is 0 Å². The van der Waals surface area contributed by atoms with E-state index in [0.717, 1.165) is 16.9 Å². The van der Waals surface area contributed by atoms with Crippen LogP contribution in [0.5, 0.6) is 5.75 Å². The molecule has 0 radical (unpaired) electrons. The molecule has 0 saturated carbocycles. The van der Waals surface area contributed by atoms with Gasteiger partial charge in [0.05, 0.1) is 26.9 Å². The van der Waals surface area contributed by atoms with E-state index in [0.29, 0.717) is 6.61 Å². The molecule has 0 aromatic heterocycles. The first kappa shape index (κ1) is 22.0. The van der Waals surface area contributed by atoms with Gasteiger partial charge in [0.1, 0.15) is 30.2 Å². The highest BCUT2D eigenvalue weighted by Gasteiger charge is 2.50. The smallest absolute Gasteiger partial charge is 0.187 e. The van der Waals surface area contributed by atoms with Crippen molar-refractivity contribution in [1.29, 1.82) is 0 Å². The second-order valence-corrected chi connectivity index (χ2v) is 7.46. The Morgan fingerprint density at radius 2 is 1.84 bits per heavy atom. The van der Waals surface area contributed by atoms with Crippen molar-refractivity contribution in [2.24, 2.45) is 0 Å². The van der Waals surface area contributed by atoms with Gasteiger partial charge < -0.3 is 33.5 Å².